The van der Waals surface area contributed by atoms with Crippen molar-refractivity contribution < 1.29 is 49.0 Å². The second kappa shape index (κ2) is 8.80. The van der Waals surface area contributed by atoms with Crippen LogP contribution < -0.4 is 15.2 Å². The summed E-state index contributed by atoms with van der Waals surface area (Å²) < 4.78 is 134. The van der Waals surface area contributed by atoms with E-state index < -0.39 is 97.9 Å². The summed E-state index contributed by atoms with van der Waals surface area (Å²) in [7, 11) is 0. The van der Waals surface area contributed by atoms with Gasteiger partial charge < -0.3 is 9.47 Å². The third kappa shape index (κ3) is 3.94. The number of hydrogen-bond donors (Lipinski definition) is 0. The summed E-state index contributed by atoms with van der Waals surface area (Å²) in [6.07, 6.45) is -14.0. The highest BCUT2D eigenvalue weighted by molar-refractivity contribution is 6.18. The lowest BCUT2D eigenvalue weighted by molar-refractivity contribution is -0.303. The van der Waals surface area contributed by atoms with Gasteiger partial charge in [0.25, 0.3) is 0 Å². The van der Waals surface area contributed by atoms with Gasteiger partial charge in [-0.05, 0) is 28.5 Å². The van der Waals surface area contributed by atoms with E-state index in [1.54, 1.807) is 0 Å². The Kier molecular flexibility index (Phi) is 5.83. The fourth-order valence-corrected chi connectivity index (χ4v) is 5.12. The molecule has 2 aromatic carbocycles. The monoisotopic (exact) mass is 576 g/mol. The molecule has 0 bridgehead atoms. The molecule has 0 heterocycles. The Morgan fingerprint density at radius 2 is 1.51 bits per heavy atom. The Bertz CT molecular complexity index is 2020. The van der Waals surface area contributed by atoms with Crippen molar-refractivity contribution in [3.63, 3.8) is 0 Å². The fraction of sp³-hybridized carbons (Fsp3) is 0.154. The van der Waals surface area contributed by atoms with Crippen LogP contribution >= 0.6 is 0 Å². The molecule has 15 heteroatoms. The van der Waals surface area contributed by atoms with Gasteiger partial charge in [0.2, 0.25) is 0 Å². The largest absolute Gasteiger partial charge is 0.573 e. The molecule has 41 heavy (non-hydrogen) atoms. The van der Waals surface area contributed by atoms with Crippen LogP contribution in [0.3, 0.4) is 0 Å². The maximum absolute atomic E-state index is 15.7. The van der Waals surface area contributed by atoms with Gasteiger partial charge in [-0.1, -0.05) is 0 Å². The predicted octanol–water partition coefficient (Wildman–Crippen LogP) is 5.60. The number of halogens is 9. The van der Waals surface area contributed by atoms with Gasteiger partial charge in [0, 0.05) is 33.5 Å². The highest BCUT2D eigenvalue weighted by Gasteiger charge is 2.42. The van der Waals surface area contributed by atoms with Crippen LogP contribution in [0.15, 0.2) is 34.9 Å². The molecule has 204 valence electrons. The molecule has 3 aliphatic carbocycles. The van der Waals surface area contributed by atoms with Crippen molar-refractivity contribution >= 4 is 27.7 Å². The van der Waals surface area contributed by atoms with Crippen LogP contribution in [0, 0.1) is 45.3 Å². The van der Waals surface area contributed by atoms with Gasteiger partial charge in [-0.3, -0.25) is 0 Å². The first-order valence-corrected chi connectivity index (χ1v) is 10.9. The van der Waals surface area contributed by atoms with Crippen molar-refractivity contribution in [2.24, 2.45) is 0 Å². The molecule has 0 N–H and O–H groups in total. The van der Waals surface area contributed by atoms with Crippen LogP contribution in [-0.2, 0) is 4.74 Å². The number of ether oxygens (including phenoxy) is 2. The fourth-order valence-electron chi connectivity index (χ4n) is 5.12. The van der Waals surface area contributed by atoms with E-state index in [0.29, 0.717) is 6.08 Å². The number of allylic oxidation sites excluding steroid dienone is 5. The van der Waals surface area contributed by atoms with E-state index in [1.165, 1.54) is 18.2 Å². The van der Waals surface area contributed by atoms with Crippen molar-refractivity contribution in [3.8, 4) is 30.0 Å². The quantitative estimate of drug-likeness (QED) is 0.431. The lowest BCUT2D eigenvalue weighted by Gasteiger charge is -2.23. The van der Waals surface area contributed by atoms with Crippen LogP contribution in [0.25, 0.3) is 27.7 Å². The zero-order valence-corrected chi connectivity index (χ0v) is 19.4. The Hall–Kier alpha value is -5.41. The summed E-state index contributed by atoms with van der Waals surface area (Å²) in [5.74, 6) is -6.32. The number of rotatable bonds is 2. The lowest BCUT2D eigenvalue weighted by atomic mass is 9.83. The minimum absolute atomic E-state index is 0.102. The number of nitriles is 4. The molecule has 6 nitrogen and oxygen atoms in total. The average Bonchev–Trinajstić information content (AvgIpc) is 3.19. The summed E-state index contributed by atoms with van der Waals surface area (Å²) in [5, 5.41) is 35.5. The van der Waals surface area contributed by atoms with E-state index in [2.05, 4.69) is 9.47 Å². The predicted molar refractivity (Wildman–Crippen MR) is 117 cm³/mol. The Balaban J connectivity index is 2.10. The molecule has 0 aliphatic heterocycles. The van der Waals surface area contributed by atoms with E-state index in [-0.39, 0.29) is 16.4 Å². The zero-order chi connectivity index (χ0) is 30.2. The minimum atomic E-state index is -5.53. The molecule has 0 spiro atoms. The Morgan fingerprint density at radius 3 is 2.05 bits per heavy atom. The highest BCUT2D eigenvalue weighted by atomic mass is 19.4. The molecule has 0 fully saturated rings. The number of hydrogen-bond acceptors (Lipinski definition) is 6. The molecule has 0 saturated carbocycles. The first kappa shape index (κ1) is 27.2. The molecular formula is C26H5F9N4O2. The van der Waals surface area contributed by atoms with Crippen LogP contribution in [0.1, 0.15) is 34.8 Å². The van der Waals surface area contributed by atoms with Crippen molar-refractivity contribution in [3.05, 3.63) is 67.6 Å². The summed E-state index contributed by atoms with van der Waals surface area (Å²) in [5.41, 5.74) is -6.09. The summed E-state index contributed by atoms with van der Waals surface area (Å²) in [6, 6.07) is 6.31. The molecule has 0 aromatic heterocycles. The topological polar surface area (TPSA) is 114 Å². The highest BCUT2D eigenvalue weighted by Crippen LogP contribution is 2.49. The third-order valence-corrected chi connectivity index (χ3v) is 6.49. The van der Waals surface area contributed by atoms with Gasteiger partial charge in [-0.25, -0.2) is 13.2 Å². The smallest absolute Gasteiger partial charge is 0.405 e. The van der Waals surface area contributed by atoms with E-state index in [1.807, 2.05) is 0 Å². The van der Waals surface area contributed by atoms with Crippen LogP contribution in [0.4, 0.5) is 39.5 Å². The van der Waals surface area contributed by atoms with E-state index in [9.17, 15) is 51.8 Å². The normalized spacial score (nSPS) is 17.8. The molecule has 3 aliphatic rings. The minimum Gasteiger partial charge on any atom is -0.405 e. The van der Waals surface area contributed by atoms with E-state index >= 15 is 8.78 Å². The lowest BCUT2D eigenvalue weighted by Crippen LogP contribution is -2.27. The van der Waals surface area contributed by atoms with Gasteiger partial charge in [-0.15, -0.1) is 26.3 Å². The molecular weight excluding hydrogens is 571 g/mol. The number of benzene rings is 2. The van der Waals surface area contributed by atoms with Gasteiger partial charge in [0.05, 0.1) is 22.8 Å². The first-order chi connectivity index (χ1) is 19.2. The number of nitrogens with zero attached hydrogens (tertiary/aromatic N) is 4. The summed E-state index contributed by atoms with van der Waals surface area (Å²) in [4.78, 5) is 0. The second-order valence-corrected chi connectivity index (χ2v) is 8.59. The van der Waals surface area contributed by atoms with Gasteiger partial charge >= 0.3 is 12.7 Å². The molecule has 2 aromatic rings. The van der Waals surface area contributed by atoms with Crippen molar-refractivity contribution in [2.75, 3.05) is 0 Å². The van der Waals surface area contributed by atoms with E-state index in [0.717, 1.165) is 12.1 Å². The van der Waals surface area contributed by atoms with Crippen molar-refractivity contribution in [2.45, 2.75) is 25.3 Å². The van der Waals surface area contributed by atoms with Crippen LogP contribution in [0.2, 0.25) is 0 Å². The third-order valence-electron chi connectivity index (χ3n) is 6.49. The SMILES string of the molecule is N#CC1=C(OC(F)(F)F)C=C2C(=c3cc(C#N)c(OC(F)(F)F)c4c5c(c(C#N)c2c34)C(F)C(F)=C(C#N)C=5F)C1. The Morgan fingerprint density at radius 1 is 0.854 bits per heavy atom. The summed E-state index contributed by atoms with van der Waals surface area (Å²) in [6.45, 7) is 0. The van der Waals surface area contributed by atoms with Gasteiger partial charge in [-0.2, -0.15) is 21.0 Å². The van der Waals surface area contributed by atoms with E-state index in [4.69, 9.17) is 0 Å². The average molecular weight is 576 g/mol. The summed E-state index contributed by atoms with van der Waals surface area (Å²) >= 11 is 0. The standard InChI is InChI=1S/C26H5F9N4O2/c27-21-14(7-39)22(28)23(29)18-13(6-38)16-12-3-15(40-25(30,31)32)8(4-36)1-10(12)11-2-9(5-37)24(41-26(33,34)35)20(17(11)16)19(18)21/h2-3,23H,1H2. The van der Waals surface area contributed by atoms with Crippen molar-refractivity contribution in [1.29, 1.82) is 21.0 Å². The van der Waals surface area contributed by atoms with Gasteiger partial charge in [0.1, 0.15) is 29.5 Å². The van der Waals surface area contributed by atoms with Gasteiger partial charge in [0.15, 0.2) is 23.6 Å². The number of alkyl halides is 7. The molecule has 0 amide bonds. The zero-order valence-electron chi connectivity index (χ0n) is 19.4. The molecule has 1 atom stereocenters. The van der Waals surface area contributed by atoms with Crippen LogP contribution in [0.5, 0.6) is 5.75 Å². The van der Waals surface area contributed by atoms with Crippen LogP contribution in [-0.4, -0.2) is 12.7 Å². The number of fused-ring (bicyclic) bond motifs is 4. The second-order valence-electron chi connectivity index (χ2n) is 8.59. The first-order valence-electron chi connectivity index (χ1n) is 10.9. The molecule has 0 saturated heterocycles. The maximum atomic E-state index is 15.7. The molecule has 1 unspecified atom stereocenters. The van der Waals surface area contributed by atoms with Crippen molar-refractivity contribution in [1.82, 2.24) is 0 Å². The maximum Gasteiger partial charge on any atom is 0.573 e. The molecule has 5 rings (SSSR count). The molecule has 0 radical (unpaired) electrons. The Labute approximate surface area is 221 Å².